The van der Waals surface area contributed by atoms with Crippen molar-refractivity contribution >= 4 is 17.6 Å². The fourth-order valence-corrected chi connectivity index (χ4v) is 2.29. The van der Waals surface area contributed by atoms with E-state index in [0.29, 0.717) is 17.8 Å². The Hall–Kier alpha value is -2.20. The van der Waals surface area contributed by atoms with Crippen LogP contribution in [-0.2, 0) is 0 Å². The number of aldehydes is 1. The molecule has 0 saturated heterocycles. The van der Waals surface area contributed by atoms with Crippen molar-refractivity contribution in [2.24, 2.45) is 0 Å². The van der Waals surface area contributed by atoms with Gasteiger partial charge in [-0.05, 0) is 12.1 Å². The fourth-order valence-electron chi connectivity index (χ4n) is 1.73. The van der Waals surface area contributed by atoms with Crippen LogP contribution < -0.4 is 0 Å². The highest BCUT2D eigenvalue weighted by molar-refractivity contribution is 7.07. The maximum atomic E-state index is 10.6. The molecule has 0 amide bonds. The van der Waals surface area contributed by atoms with Crippen LogP contribution >= 0.6 is 11.3 Å². The Morgan fingerprint density at radius 3 is 2.44 bits per heavy atom. The summed E-state index contributed by atoms with van der Waals surface area (Å²) in [6, 6.07) is 11.4. The number of carbonyl (C=O) groups is 1. The third-order valence-electron chi connectivity index (χ3n) is 2.64. The van der Waals surface area contributed by atoms with Gasteiger partial charge >= 0.3 is 0 Å². The van der Waals surface area contributed by atoms with E-state index in [0.717, 1.165) is 16.8 Å². The van der Waals surface area contributed by atoms with Crippen molar-refractivity contribution in [3.8, 4) is 22.6 Å². The Bertz CT molecular complexity index is 653. The van der Waals surface area contributed by atoms with Crippen LogP contribution in [0.4, 0.5) is 0 Å². The number of thiazole rings is 1. The second kappa shape index (κ2) is 4.58. The van der Waals surface area contributed by atoms with Gasteiger partial charge in [-0.2, -0.15) is 0 Å². The number of carbonyl (C=O) groups excluding carboxylic acids is 1. The van der Waals surface area contributed by atoms with Crippen LogP contribution in [-0.4, -0.2) is 11.3 Å². The quantitative estimate of drug-likeness (QED) is 0.667. The molecule has 0 bridgehead atoms. The number of furan rings is 1. The van der Waals surface area contributed by atoms with Gasteiger partial charge in [-0.1, -0.05) is 24.3 Å². The molecule has 0 aliphatic heterocycles. The summed E-state index contributed by atoms with van der Waals surface area (Å²) < 4.78 is 5.37. The van der Waals surface area contributed by atoms with Crippen LogP contribution in [0.5, 0.6) is 0 Å². The summed E-state index contributed by atoms with van der Waals surface area (Å²) in [7, 11) is 0. The van der Waals surface area contributed by atoms with E-state index in [4.69, 9.17) is 4.42 Å². The molecule has 0 aliphatic rings. The Kier molecular flexibility index (Phi) is 2.78. The normalized spacial score (nSPS) is 10.4. The molecule has 18 heavy (non-hydrogen) atoms. The van der Waals surface area contributed by atoms with Crippen molar-refractivity contribution in [3.05, 3.63) is 53.0 Å². The zero-order valence-electron chi connectivity index (χ0n) is 9.37. The number of hydrogen-bond donors (Lipinski definition) is 0. The van der Waals surface area contributed by atoms with E-state index in [1.807, 2.05) is 35.2 Å². The van der Waals surface area contributed by atoms with Crippen LogP contribution in [0.15, 0.2) is 51.7 Å². The second-order valence-electron chi connectivity index (χ2n) is 3.77. The van der Waals surface area contributed by atoms with E-state index in [1.54, 1.807) is 23.5 Å². The van der Waals surface area contributed by atoms with E-state index in [2.05, 4.69) is 4.98 Å². The molecule has 3 rings (SSSR count). The zero-order chi connectivity index (χ0) is 12.4. The number of rotatable bonds is 3. The molecule has 0 spiro atoms. The highest BCUT2D eigenvalue weighted by Gasteiger charge is 2.05. The topological polar surface area (TPSA) is 43.1 Å². The fraction of sp³-hybridized carbons (Fsp3) is 0. The summed E-state index contributed by atoms with van der Waals surface area (Å²) in [5.74, 6) is 1.04. The molecule has 1 aromatic carbocycles. The molecule has 0 fully saturated rings. The third-order valence-corrected chi connectivity index (χ3v) is 3.23. The zero-order valence-corrected chi connectivity index (χ0v) is 10.2. The van der Waals surface area contributed by atoms with Crippen LogP contribution in [0, 0.1) is 0 Å². The van der Waals surface area contributed by atoms with E-state index in [-0.39, 0.29) is 0 Å². The minimum Gasteiger partial charge on any atom is -0.453 e. The lowest BCUT2D eigenvalue weighted by Crippen LogP contribution is -1.78. The van der Waals surface area contributed by atoms with Crippen LogP contribution in [0.25, 0.3) is 22.6 Å². The van der Waals surface area contributed by atoms with Crippen LogP contribution in [0.2, 0.25) is 0 Å². The molecular formula is C14H9NO2S. The van der Waals surface area contributed by atoms with E-state index < -0.39 is 0 Å². The van der Waals surface area contributed by atoms with Crippen molar-refractivity contribution in [1.82, 2.24) is 4.98 Å². The molecule has 2 heterocycles. The number of nitrogens with zero attached hydrogens (tertiary/aromatic N) is 1. The van der Waals surface area contributed by atoms with Crippen molar-refractivity contribution in [1.29, 1.82) is 0 Å². The third kappa shape index (κ3) is 1.98. The Morgan fingerprint density at radius 2 is 1.83 bits per heavy atom. The molecule has 0 atom stereocenters. The molecule has 0 radical (unpaired) electrons. The predicted molar refractivity (Wildman–Crippen MR) is 70.6 cm³/mol. The lowest BCUT2D eigenvalue weighted by Gasteiger charge is -1.99. The van der Waals surface area contributed by atoms with Crippen LogP contribution in [0.3, 0.4) is 0 Å². The summed E-state index contributed by atoms with van der Waals surface area (Å²) in [5.41, 5.74) is 4.80. The minimum atomic E-state index is 0.341. The first-order valence-electron chi connectivity index (χ1n) is 5.41. The summed E-state index contributed by atoms with van der Waals surface area (Å²) in [4.78, 5) is 14.8. The van der Waals surface area contributed by atoms with E-state index in [9.17, 15) is 4.79 Å². The first kappa shape index (κ1) is 10.9. The lowest BCUT2D eigenvalue weighted by atomic mass is 10.1. The Labute approximate surface area is 108 Å². The van der Waals surface area contributed by atoms with Gasteiger partial charge in [0.2, 0.25) is 0 Å². The largest absolute Gasteiger partial charge is 0.453 e. The molecule has 3 aromatic rings. The van der Waals surface area contributed by atoms with E-state index in [1.165, 1.54) is 0 Å². The van der Waals surface area contributed by atoms with Gasteiger partial charge in [0, 0.05) is 16.5 Å². The molecule has 3 nitrogen and oxygen atoms in total. The van der Waals surface area contributed by atoms with Gasteiger partial charge in [-0.15, -0.1) is 11.3 Å². The van der Waals surface area contributed by atoms with Gasteiger partial charge in [0.05, 0.1) is 11.2 Å². The van der Waals surface area contributed by atoms with E-state index >= 15 is 0 Å². The van der Waals surface area contributed by atoms with Crippen molar-refractivity contribution in [3.63, 3.8) is 0 Å². The first-order valence-corrected chi connectivity index (χ1v) is 6.35. The van der Waals surface area contributed by atoms with Gasteiger partial charge in [0.1, 0.15) is 5.76 Å². The Balaban J connectivity index is 1.93. The number of aromatic nitrogens is 1. The lowest BCUT2D eigenvalue weighted by molar-refractivity contribution is 0.110. The molecule has 4 heteroatoms. The van der Waals surface area contributed by atoms with Crippen LogP contribution in [0.1, 0.15) is 10.6 Å². The molecular weight excluding hydrogens is 246 g/mol. The van der Waals surface area contributed by atoms with Crippen molar-refractivity contribution < 1.29 is 9.21 Å². The summed E-state index contributed by atoms with van der Waals surface area (Å²) >= 11 is 1.57. The molecule has 0 aliphatic carbocycles. The Morgan fingerprint density at radius 1 is 1.06 bits per heavy atom. The number of hydrogen-bond acceptors (Lipinski definition) is 4. The highest BCUT2D eigenvalue weighted by atomic mass is 32.1. The standard InChI is InChI=1S/C14H9NO2S/c16-7-12-5-6-14(17-12)11-3-1-10(2-4-11)13-8-18-9-15-13/h1-9H. The number of benzene rings is 1. The molecule has 0 N–H and O–H groups in total. The van der Waals surface area contributed by atoms with Gasteiger partial charge < -0.3 is 4.42 Å². The average molecular weight is 255 g/mol. The average Bonchev–Trinajstić information content (AvgIpc) is 3.10. The van der Waals surface area contributed by atoms with Gasteiger partial charge in [0.25, 0.3) is 0 Å². The molecule has 88 valence electrons. The highest BCUT2D eigenvalue weighted by Crippen LogP contribution is 2.25. The monoisotopic (exact) mass is 255 g/mol. The SMILES string of the molecule is O=Cc1ccc(-c2ccc(-c3cscn3)cc2)o1. The van der Waals surface area contributed by atoms with Gasteiger partial charge in [-0.3, -0.25) is 4.79 Å². The van der Waals surface area contributed by atoms with Gasteiger partial charge in [0.15, 0.2) is 12.0 Å². The second-order valence-corrected chi connectivity index (χ2v) is 4.49. The predicted octanol–water partition coefficient (Wildman–Crippen LogP) is 3.88. The van der Waals surface area contributed by atoms with Crippen molar-refractivity contribution in [2.45, 2.75) is 0 Å². The molecule has 0 saturated carbocycles. The first-order chi connectivity index (χ1) is 8.86. The van der Waals surface area contributed by atoms with Crippen molar-refractivity contribution in [2.75, 3.05) is 0 Å². The summed E-state index contributed by atoms with van der Waals surface area (Å²) in [6.07, 6.45) is 0.702. The minimum absolute atomic E-state index is 0.341. The molecule has 2 aromatic heterocycles. The van der Waals surface area contributed by atoms with Gasteiger partial charge in [-0.25, -0.2) is 4.98 Å². The smallest absolute Gasteiger partial charge is 0.185 e. The summed E-state index contributed by atoms with van der Waals surface area (Å²) in [5, 5.41) is 2.01. The molecule has 0 unspecified atom stereocenters. The summed E-state index contributed by atoms with van der Waals surface area (Å²) in [6.45, 7) is 0. The maximum absolute atomic E-state index is 10.6. The maximum Gasteiger partial charge on any atom is 0.185 e.